The molecule has 1 saturated heterocycles. The largest absolute Gasteiger partial charge is 0.497 e. The molecule has 3 rings (SSSR count). The van der Waals surface area contributed by atoms with Crippen molar-refractivity contribution >= 4 is 6.03 Å². The van der Waals surface area contributed by atoms with Crippen molar-refractivity contribution < 1.29 is 13.9 Å². The summed E-state index contributed by atoms with van der Waals surface area (Å²) in [5.41, 5.74) is 1.10. The molecule has 158 valence electrons. The van der Waals surface area contributed by atoms with Gasteiger partial charge in [-0.3, -0.25) is 4.90 Å². The van der Waals surface area contributed by atoms with Crippen LogP contribution in [0.5, 0.6) is 5.75 Å². The van der Waals surface area contributed by atoms with Gasteiger partial charge in [-0.1, -0.05) is 12.1 Å². The van der Waals surface area contributed by atoms with Gasteiger partial charge in [0, 0.05) is 13.1 Å². The molecule has 1 aromatic heterocycles. The van der Waals surface area contributed by atoms with Gasteiger partial charge in [0.05, 0.1) is 25.5 Å². The van der Waals surface area contributed by atoms with E-state index in [1.165, 1.54) is 12.8 Å². The summed E-state index contributed by atoms with van der Waals surface area (Å²) >= 11 is 0. The molecule has 2 amide bonds. The zero-order valence-corrected chi connectivity index (χ0v) is 17.6. The third-order valence-corrected chi connectivity index (χ3v) is 5.47. The molecule has 0 aliphatic carbocycles. The summed E-state index contributed by atoms with van der Waals surface area (Å²) in [6.07, 6.45) is 4.07. The molecule has 2 heterocycles. The number of urea groups is 1. The van der Waals surface area contributed by atoms with Crippen LogP contribution in [0.15, 0.2) is 47.1 Å². The van der Waals surface area contributed by atoms with E-state index in [0.717, 1.165) is 30.2 Å². The lowest BCUT2D eigenvalue weighted by molar-refractivity contribution is 0.201. The second kappa shape index (κ2) is 10.3. The molecule has 2 unspecified atom stereocenters. The van der Waals surface area contributed by atoms with E-state index >= 15 is 0 Å². The van der Waals surface area contributed by atoms with Gasteiger partial charge in [-0.15, -0.1) is 0 Å². The minimum atomic E-state index is -0.171. The third kappa shape index (κ3) is 5.74. The number of methoxy groups -OCH3 is 1. The van der Waals surface area contributed by atoms with Crippen molar-refractivity contribution in [3.8, 4) is 5.75 Å². The van der Waals surface area contributed by atoms with Crippen LogP contribution in [0.25, 0.3) is 0 Å². The number of carbonyl (C=O) groups is 1. The minimum absolute atomic E-state index is 0.0512. The van der Waals surface area contributed by atoms with Gasteiger partial charge in [-0.05, 0) is 69.9 Å². The Kier molecular flexibility index (Phi) is 7.55. The molecular weight excluding hydrogens is 368 g/mol. The van der Waals surface area contributed by atoms with Crippen molar-refractivity contribution in [3.05, 3.63) is 54.0 Å². The highest BCUT2D eigenvalue weighted by atomic mass is 16.5. The van der Waals surface area contributed by atoms with E-state index in [1.54, 1.807) is 13.4 Å². The highest BCUT2D eigenvalue weighted by Gasteiger charge is 2.26. The van der Waals surface area contributed by atoms with E-state index in [0.29, 0.717) is 13.1 Å². The molecule has 1 aliphatic rings. The smallest absolute Gasteiger partial charge is 0.314 e. The van der Waals surface area contributed by atoms with E-state index in [4.69, 9.17) is 9.15 Å². The first-order chi connectivity index (χ1) is 14.1. The Bertz CT molecular complexity index is 757. The highest BCUT2D eigenvalue weighted by Crippen LogP contribution is 2.25. The summed E-state index contributed by atoms with van der Waals surface area (Å²) in [5, 5.41) is 6.03. The average molecular weight is 401 g/mol. The summed E-state index contributed by atoms with van der Waals surface area (Å²) in [5.74, 6) is 1.71. The first-order valence-electron chi connectivity index (χ1n) is 10.2. The quantitative estimate of drug-likeness (QED) is 0.677. The predicted octanol–water partition coefficient (Wildman–Crippen LogP) is 3.03. The van der Waals surface area contributed by atoms with Crippen molar-refractivity contribution in [2.75, 3.05) is 47.4 Å². The molecule has 2 atom stereocenters. The van der Waals surface area contributed by atoms with Gasteiger partial charge in [0.25, 0.3) is 0 Å². The lowest BCUT2D eigenvalue weighted by Gasteiger charge is -2.27. The van der Waals surface area contributed by atoms with Gasteiger partial charge >= 0.3 is 6.03 Å². The van der Waals surface area contributed by atoms with Crippen LogP contribution in [0.4, 0.5) is 4.79 Å². The van der Waals surface area contributed by atoms with Crippen LogP contribution >= 0.6 is 0 Å². The SMILES string of the molecule is COc1cccc(C(CNC(=O)NCC(c2ccco2)N2CCCC2)N(C)C)c1. The number of furan rings is 1. The Morgan fingerprint density at radius 3 is 2.59 bits per heavy atom. The lowest BCUT2D eigenvalue weighted by atomic mass is 10.1. The van der Waals surface area contributed by atoms with Crippen LogP contribution < -0.4 is 15.4 Å². The summed E-state index contributed by atoms with van der Waals surface area (Å²) in [4.78, 5) is 17.0. The number of rotatable bonds is 9. The third-order valence-electron chi connectivity index (χ3n) is 5.47. The maximum absolute atomic E-state index is 12.5. The van der Waals surface area contributed by atoms with Gasteiger partial charge in [-0.2, -0.15) is 0 Å². The van der Waals surface area contributed by atoms with Crippen molar-refractivity contribution in [1.29, 1.82) is 0 Å². The van der Waals surface area contributed by atoms with E-state index < -0.39 is 0 Å². The van der Waals surface area contributed by atoms with Gasteiger partial charge in [0.15, 0.2) is 0 Å². The molecule has 7 heteroatoms. The monoisotopic (exact) mass is 400 g/mol. The average Bonchev–Trinajstić information content (AvgIpc) is 3.43. The maximum Gasteiger partial charge on any atom is 0.314 e. The first kappa shape index (κ1) is 21.2. The van der Waals surface area contributed by atoms with Crippen molar-refractivity contribution in [3.63, 3.8) is 0 Å². The van der Waals surface area contributed by atoms with Crippen molar-refractivity contribution in [1.82, 2.24) is 20.4 Å². The molecular formula is C22H32N4O3. The van der Waals surface area contributed by atoms with E-state index in [2.05, 4.69) is 20.4 Å². The van der Waals surface area contributed by atoms with Gasteiger partial charge in [0.2, 0.25) is 0 Å². The molecule has 2 aromatic rings. The van der Waals surface area contributed by atoms with Crippen LogP contribution in [0.1, 0.15) is 36.2 Å². The molecule has 2 N–H and O–H groups in total. The van der Waals surface area contributed by atoms with E-state index in [9.17, 15) is 4.79 Å². The lowest BCUT2D eigenvalue weighted by Crippen LogP contribution is -2.44. The fraction of sp³-hybridized carbons (Fsp3) is 0.500. The molecule has 1 fully saturated rings. The van der Waals surface area contributed by atoms with E-state index in [-0.39, 0.29) is 18.1 Å². The van der Waals surface area contributed by atoms with Crippen molar-refractivity contribution in [2.24, 2.45) is 0 Å². The minimum Gasteiger partial charge on any atom is -0.497 e. The Morgan fingerprint density at radius 1 is 1.17 bits per heavy atom. The molecule has 0 bridgehead atoms. The van der Waals surface area contributed by atoms with Crippen LogP contribution in [0.3, 0.4) is 0 Å². The summed E-state index contributed by atoms with van der Waals surface area (Å²) in [7, 11) is 5.67. The number of hydrogen-bond donors (Lipinski definition) is 2. The maximum atomic E-state index is 12.5. The molecule has 0 spiro atoms. The number of amides is 2. The molecule has 0 radical (unpaired) electrons. The molecule has 29 heavy (non-hydrogen) atoms. The number of hydrogen-bond acceptors (Lipinski definition) is 5. The predicted molar refractivity (Wildman–Crippen MR) is 113 cm³/mol. The molecule has 1 aromatic carbocycles. The second-order valence-corrected chi connectivity index (χ2v) is 7.62. The normalized spacial score (nSPS) is 16.6. The number of benzene rings is 1. The van der Waals surface area contributed by atoms with E-state index in [1.807, 2.05) is 50.5 Å². The number of nitrogens with zero attached hydrogens (tertiary/aromatic N) is 2. The Morgan fingerprint density at radius 2 is 1.93 bits per heavy atom. The fourth-order valence-electron chi connectivity index (χ4n) is 3.83. The second-order valence-electron chi connectivity index (χ2n) is 7.62. The molecule has 7 nitrogen and oxygen atoms in total. The number of likely N-dealkylation sites (tertiary alicyclic amines) is 1. The van der Waals surface area contributed by atoms with Crippen LogP contribution in [-0.2, 0) is 0 Å². The van der Waals surface area contributed by atoms with Gasteiger partial charge in [0.1, 0.15) is 11.5 Å². The first-order valence-corrected chi connectivity index (χ1v) is 10.2. The summed E-state index contributed by atoms with van der Waals surface area (Å²) in [6.45, 7) is 3.09. The topological polar surface area (TPSA) is 70.0 Å². The van der Waals surface area contributed by atoms with Gasteiger partial charge in [-0.25, -0.2) is 4.79 Å². The van der Waals surface area contributed by atoms with Gasteiger partial charge < -0.3 is 24.7 Å². The zero-order chi connectivity index (χ0) is 20.6. The number of ether oxygens (including phenoxy) is 1. The van der Waals surface area contributed by atoms with Crippen LogP contribution in [-0.4, -0.2) is 63.2 Å². The Labute approximate surface area is 173 Å². The number of nitrogens with one attached hydrogen (secondary N) is 2. The molecule has 0 saturated carbocycles. The zero-order valence-electron chi connectivity index (χ0n) is 17.6. The number of likely N-dealkylation sites (N-methyl/N-ethyl adjacent to an activating group) is 1. The van der Waals surface area contributed by atoms with Crippen LogP contribution in [0.2, 0.25) is 0 Å². The summed E-state index contributed by atoms with van der Waals surface area (Å²) in [6, 6.07) is 11.8. The van der Waals surface area contributed by atoms with Crippen molar-refractivity contribution in [2.45, 2.75) is 24.9 Å². The summed E-state index contributed by atoms with van der Waals surface area (Å²) < 4.78 is 10.9. The standard InChI is InChI=1S/C22H32N4O3/c1-25(2)19(17-8-6-9-18(14-17)28-3)15-23-22(27)24-16-20(21-10-7-13-29-21)26-11-4-5-12-26/h6-10,13-14,19-20H,4-5,11-12,15-16H2,1-3H3,(H2,23,24,27). The van der Waals surface area contributed by atoms with Crippen LogP contribution in [0, 0.1) is 0 Å². The fourth-order valence-corrected chi connectivity index (χ4v) is 3.83. The number of carbonyl (C=O) groups excluding carboxylic acids is 1. The molecule has 1 aliphatic heterocycles. The Hall–Kier alpha value is -2.51. The highest BCUT2D eigenvalue weighted by molar-refractivity contribution is 5.73. The Balaban J connectivity index is 1.55.